The number of halogens is 3. The van der Waals surface area contributed by atoms with Gasteiger partial charge in [-0.1, -0.05) is 6.58 Å². The number of rotatable bonds is 10. The summed E-state index contributed by atoms with van der Waals surface area (Å²) < 4.78 is 53.5. The molecular formula is C34H34F3N7O4. The van der Waals surface area contributed by atoms with Crippen molar-refractivity contribution >= 4 is 34.6 Å². The van der Waals surface area contributed by atoms with E-state index in [0.717, 1.165) is 56.1 Å². The number of benzene rings is 3. The van der Waals surface area contributed by atoms with Crippen molar-refractivity contribution in [1.29, 1.82) is 0 Å². The molecule has 0 aliphatic carbocycles. The number of piperazine rings is 1. The molecule has 0 spiro atoms. The van der Waals surface area contributed by atoms with Crippen LogP contribution in [0.4, 0.5) is 41.9 Å². The lowest BCUT2D eigenvalue weighted by atomic mass is 10.0. The first-order valence-electron chi connectivity index (χ1n) is 15.2. The van der Waals surface area contributed by atoms with Gasteiger partial charge in [-0.05, 0) is 36.9 Å². The van der Waals surface area contributed by atoms with Gasteiger partial charge in [-0.15, -0.1) is 0 Å². The molecule has 1 atom stereocenters. The SMILES string of the molecule is C=CC(=O)Nc1cc(Nc2cc(N3OCC[C@@H]3c3cc(F)cc(Oc4cc(F)cc(F)c4)c3)ncn2)c(OC)cc1N1CCN(C)CC1. The maximum absolute atomic E-state index is 14.8. The van der Waals surface area contributed by atoms with Gasteiger partial charge in [-0.3, -0.25) is 9.63 Å². The van der Waals surface area contributed by atoms with E-state index in [9.17, 15) is 18.0 Å². The van der Waals surface area contributed by atoms with Crippen molar-refractivity contribution in [3.8, 4) is 17.2 Å². The minimum Gasteiger partial charge on any atom is -0.494 e. The van der Waals surface area contributed by atoms with E-state index in [2.05, 4.69) is 44.0 Å². The third kappa shape index (κ3) is 7.45. The molecule has 1 amide bonds. The van der Waals surface area contributed by atoms with Crippen molar-refractivity contribution in [2.75, 3.05) is 67.5 Å². The van der Waals surface area contributed by atoms with Crippen LogP contribution < -0.4 is 30.1 Å². The van der Waals surface area contributed by atoms with Crippen LogP contribution in [0.15, 0.2) is 73.6 Å². The molecule has 48 heavy (non-hydrogen) atoms. The monoisotopic (exact) mass is 661 g/mol. The summed E-state index contributed by atoms with van der Waals surface area (Å²) in [5.41, 5.74) is 2.45. The lowest BCUT2D eigenvalue weighted by Gasteiger charge is -2.35. The van der Waals surface area contributed by atoms with Crippen LogP contribution in [0.5, 0.6) is 17.2 Å². The molecule has 1 aromatic heterocycles. The number of carbonyl (C=O) groups is 1. The fraction of sp³-hybridized carbons (Fsp3) is 0.265. The van der Waals surface area contributed by atoms with Gasteiger partial charge < -0.3 is 29.9 Å². The zero-order valence-corrected chi connectivity index (χ0v) is 26.4. The second-order valence-electron chi connectivity index (χ2n) is 11.3. The van der Waals surface area contributed by atoms with E-state index in [1.165, 1.54) is 18.5 Å². The normalized spacial score (nSPS) is 16.5. The van der Waals surface area contributed by atoms with E-state index < -0.39 is 23.5 Å². The van der Waals surface area contributed by atoms with Crippen molar-refractivity contribution in [2.45, 2.75) is 12.5 Å². The largest absolute Gasteiger partial charge is 0.494 e. The summed E-state index contributed by atoms with van der Waals surface area (Å²) >= 11 is 0. The number of nitrogens with zero attached hydrogens (tertiary/aromatic N) is 5. The van der Waals surface area contributed by atoms with Crippen LogP contribution in [0.1, 0.15) is 18.0 Å². The first-order chi connectivity index (χ1) is 23.2. The average Bonchev–Trinajstić information content (AvgIpc) is 3.55. The highest BCUT2D eigenvalue weighted by atomic mass is 19.1. The summed E-state index contributed by atoms with van der Waals surface area (Å²) in [5.74, 6) is -1.29. The van der Waals surface area contributed by atoms with E-state index in [-0.39, 0.29) is 17.4 Å². The third-order valence-electron chi connectivity index (χ3n) is 8.00. The number of nitrogens with one attached hydrogen (secondary N) is 2. The Labute approximate surface area is 275 Å². The number of hydrogen-bond donors (Lipinski definition) is 2. The van der Waals surface area contributed by atoms with Crippen molar-refractivity contribution < 1.29 is 32.3 Å². The van der Waals surface area contributed by atoms with Gasteiger partial charge in [0, 0.05) is 69.0 Å². The molecular weight excluding hydrogens is 627 g/mol. The summed E-state index contributed by atoms with van der Waals surface area (Å²) in [6.45, 7) is 7.20. The van der Waals surface area contributed by atoms with Gasteiger partial charge in [0.15, 0.2) is 5.82 Å². The van der Waals surface area contributed by atoms with E-state index >= 15 is 0 Å². The molecule has 0 bridgehead atoms. The zero-order chi connectivity index (χ0) is 33.8. The molecule has 2 fully saturated rings. The Morgan fingerprint density at radius 1 is 0.938 bits per heavy atom. The zero-order valence-electron chi connectivity index (χ0n) is 26.4. The molecule has 4 aromatic rings. The third-order valence-corrected chi connectivity index (χ3v) is 8.00. The molecule has 3 heterocycles. The number of aromatic nitrogens is 2. The Hall–Kier alpha value is -5.34. The highest BCUT2D eigenvalue weighted by Gasteiger charge is 2.30. The standard InChI is InChI=1S/C34H34F3N7O4/c1-4-34(45)41-27-17-28(31(46-3)18-30(27)43-8-6-42(2)7-9-43)40-32-19-33(39-20-38-32)44-29(5-10-47-44)21-11-22(35)14-25(12-21)48-26-15-23(36)13-24(37)16-26/h4,11-20,29H,1,5-10H2,2-3H3,(H,41,45)(H,38,39,40)/t29-/m1/s1. The predicted octanol–water partition coefficient (Wildman–Crippen LogP) is 6.20. The predicted molar refractivity (Wildman–Crippen MR) is 175 cm³/mol. The Kier molecular flexibility index (Phi) is 9.64. The lowest BCUT2D eigenvalue weighted by molar-refractivity contribution is -0.111. The number of hydrogen-bond acceptors (Lipinski definition) is 10. The summed E-state index contributed by atoms with van der Waals surface area (Å²) in [5, 5.41) is 7.72. The smallest absolute Gasteiger partial charge is 0.247 e. The molecule has 0 unspecified atom stereocenters. The Balaban J connectivity index is 1.26. The van der Waals surface area contributed by atoms with Crippen molar-refractivity contribution in [2.24, 2.45) is 0 Å². The van der Waals surface area contributed by atoms with Gasteiger partial charge in [0.25, 0.3) is 0 Å². The van der Waals surface area contributed by atoms with Gasteiger partial charge in [0.1, 0.15) is 46.8 Å². The van der Waals surface area contributed by atoms with Gasteiger partial charge >= 0.3 is 0 Å². The van der Waals surface area contributed by atoms with E-state index in [0.29, 0.717) is 47.4 Å². The maximum Gasteiger partial charge on any atom is 0.247 e. The summed E-state index contributed by atoms with van der Waals surface area (Å²) in [6.07, 6.45) is 3.07. The summed E-state index contributed by atoms with van der Waals surface area (Å²) in [7, 11) is 3.63. The second-order valence-corrected chi connectivity index (χ2v) is 11.3. The van der Waals surface area contributed by atoms with Gasteiger partial charge in [0.2, 0.25) is 5.91 Å². The number of hydroxylamine groups is 1. The van der Waals surface area contributed by atoms with Gasteiger partial charge in [0.05, 0.1) is 36.8 Å². The van der Waals surface area contributed by atoms with Crippen LogP contribution in [-0.4, -0.2) is 67.7 Å². The number of ether oxygens (including phenoxy) is 2. The first kappa shape index (κ1) is 32.6. The number of carbonyl (C=O) groups excluding carboxylic acids is 1. The summed E-state index contributed by atoms with van der Waals surface area (Å²) in [4.78, 5) is 31.5. The van der Waals surface area contributed by atoms with Crippen LogP contribution in [0.2, 0.25) is 0 Å². The molecule has 2 aliphatic rings. The highest BCUT2D eigenvalue weighted by molar-refractivity contribution is 6.02. The first-order valence-corrected chi connectivity index (χ1v) is 15.2. The van der Waals surface area contributed by atoms with Gasteiger partial charge in [-0.2, -0.15) is 0 Å². The van der Waals surface area contributed by atoms with Crippen LogP contribution in [0.25, 0.3) is 0 Å². The van der Waals surface area contributed by atoms with Crippen LogP contribution in [-0.2, 0) is 9.63 Å². The molecule has 3 aromatic carbocycles. The highest BCUT2D eigenvalue weighted by Crippen LogP contribution is 2.40. The molecule has 0 saturated carbocycles. The molecule has 2 N–H and O–H groups in total. The Morgan fingerprint density at radius 3 is 2.35 bits per heavy atom. The molecule has 2 saturated heterocycles. The molecule has 11 nitrogen and oxygen atoms in total. The Bertz CT molecular complexity index is 1800. The van der Waals surface area contributed by atoms with Crippen molar-refractivity contribution in [3.63, 3.8) is 0 Å². The van der Waals surface area contributed by atoms with E-state index in [1.54, 1.807) is 30.4 Å². The van der Waals surface area contributed by atoms with Crippen LogP contribution in [0.3, 0.4) is 0 Å². The molecule has 6 rings (SSSR count). The van der Waals surface area contributed by atoms with Crippen molar-refractivity contribution in [1.82, 2.24) is 14.9 Å². The van der Waals surface area contributed by atoms with Gasteiger partial charge in [-0.25, -0.2) is 28.2 Å². The molecule has 0 radical (unpaired) electrons. The average molecular weight is 662 g/mol. The minimum atomic E-state index is -0.813. The molecule has 250 valence electrons. The number of likely N-dealkylation sites (N-methyl/N-ethyl adjacent to an activating group) is 1. The van der Waals surface area contributed by atoms with Crippen molar-refractivity contribution in [3.05, 3.63) is 96.6 Å². The minimum absolute atomic E-state index is 0.0679. The fourth-order valence-electron chi connectivity index (χ4n) is 5.66. The topological polar surface area (TPSA) is 104 Å². The number of amides is 1. The maximum atomic E-state index is 14.8. The fourth-order valence-corrected chi connectivity index (χ4v) is 5.66. The lowest BCUT2D eigenvalue weighted by Crippen LogP contribution is -2.44. The quantitative estimate of drug-likeness (QED) is 0.191. The second kappa shape index (κ2) is 14.2. The van der Waals surface area contributed by atoms with E-state index in [4.69, 9.17) is 14.3 Å². The molecule has 14 heteroatoms. The molecule has 2 aliphatic heterocycles. The number of anilines is 5. The summed E-state index contributed by atoms with van der Waals surface area (Å²) in [6, 6.07) is 11.7. The Morgan fingerprint density at radius 2 is 1.65 bits per heavy atom. The van der Waals surface area contributed by atoms with Crippen LogP contribution >= 0.6 is 0 Å². The number of methoxy groups -OCH3 is 1. The van der Waals surface area contributed by atoms with Crippen LogP contribution in [0, 0.1) is 17.5 Å². The van der Waals surface area contributed by atoms with E-state index in [1.807, 2.05) is 6.07 Å².